The molecule has 2 N–H and O–H groups in total. The van der Waals surface area contributed by atoms with E-state index in [1.807, 2.05) is 0 Å². The monoisotopic (exact) mass is 300 g/mol. The number of hydrogen-bond acceptors (Lipinski definition) is 4. The van der Waals surface area contributed by atoms with Crippen molar-refractivity contribution in [1.82, 2.24) is 0 Å². The van der Waals surface area contributed by atoms with Gasteiger partial charge < -0.3 is 14.9 Å². The largest absolute Gasteiger partial charge is 0.496 e. The molecule has 2 aromatic carbocycles. The standard InChI is InChI=1S/C16H12O6/c1-22-13-5-3-2-4-11(13)14(17)9-6-7-10(15(18)19)12(8-9)16(20)21/h2-8H,1H3,(H,18,19)(H,20,21). The maximum absolute atomic E-state index is 12.5. The number of carboxylic acid groups (broad SMARTS) is 2. The quantitative estimate of drug-likeness (QED) is 0.822. The Bertz CT molecular complexity index is 763. The summed E-state index contributed by atoms with van der Waals surface area (Å²) in [7, 11) is 1.42. The van der Waals surface area contributed by atoms with E-state index in [9.17, 15) is 14.4 Å². The molecule has 0 bridgehead atoms. The van der Waals surface area contributed by atoms with Gasteiger partial charge in [0.15, 0.2) is 5.78 Å². The highest BCUT2D eigenvalue weighted by molar-refractivity contribution is 6.12. The summed E-state index contributed by atoms with van der Waals surface area (Å²) in [4.78, 5) is 34.6. The third kappa shape index (κ3) is 2.80. The van der Waals surface area contributed by atoms with Crippen LogP contribution >= 0.6 is 0 Å². The predicted octanol–water partition coefficient (Wildman–Crippen LogP) is 2.32. The molecule has 22 heavy (non-hydrogen) atoms. The lowest BCUT2D eigenvalue weighted by molar-refractivity contribution is 0.0651. The van der Waals surface area contributed by atoms with Crippen molar-refractivity contribution >= 4 is 17.7 Å². The predicted molar refractivity (Wildman–Crippen MR) is 76.8 cm³/mol. The van der Waals surface area contributed by atoms with Crippen LogP contribution in [0, 0.1) is 0 Å². The molecule has 0 aliphatic heterocycles. The lowest BCUT2D eigenvalue weighted by Crippen LogP contribution is -2.11. The summed E-state index contributed by atoms with van der Waals surface area (Å²) < 4.78 is 5.10. The first-order chi connectivity index (χ1) is 10.5. The molecule has 0 saturated carbocycles. The Kier molecular flexibility index (Phi) is 4.22. The van der Waals surface area contributed by atoms with Crippen LogP contribution in [0.15, 0.2) is 42.5 Å². The highest BCUT2D eigenvalue weighted by Crippen LogP contribution is 2.22. The van der Waals surface area contributed by atoms with E-state index < -0.39 is 23.3 Å². The summed E-state index contributed by atoms with van der Waals surface area (Å²) in [6, 6.07) is 9.95. The molecule has 0 atom stereocenters. The molecular weight excluding hydrogens is 288 g/mol. The highest BCUT2D eigenvalue weighted by atomic mass is 16.5. The van der Waals surface area contributed by atoms with Gasteiger partial charge in [-0.25, -0.2) is 9.59 Å². The Balaban J connectivity index is 2.53. The summed E-state index contributed by atoms with van der Waals surface area (Å²) in [6.07, 6.45) is 0. The van der Waals surface area contributed by atoms with E-state index in [1.165, 1.54) is 13.2 Å². The molecule has 0 spiro atoms. The molecule has 0 fully saturated rings. The van der Waals surface area contributed by atoms with Crippen molar-refractivity contribution in [3.05, 3.63) is 64.7 Å². The van der Waals surface area contributed by atoms with Crippen molar-refractivity contribution in [3.63, 3.8) is 0 Å². The first-order valence-electron chi connectivity index (χ1n) is 6.24. The van der Waals surface area contributed by atoms with E-state index in [0.717, 1.165) is 12.1 Å². The summed E-state index contributed by atoms with van der Waals surface area (Å²) >= 11 is 0. The van der Waals surface area contributed by atoms with E-state index in [1.54, 1.807) is 24.3 Å². The van der Waals surface area contributed by atoms with Crippen LogP contribution in [0.1, 0.15) is 36.6 Å². The minimum Gasteiger partial charge on any atom is -0.496 e. The van der Waals surface area contributed by atoms with Crippen LogP contribution in [0.4, 0.5) is 0 Å². The molecule has 0 saturated heterocycles. The zero-order chi connectivity index (χ0) is 16.3. The summed E-state index contributed by atoms with van der Waals surface area (Å²) in [5.41, 5.74) is -0.464. The number of ketones is 1. The van der Waals surface area contributed by atoms with Crippen LogP contribution in [-0.4, -0.2) is 35.0 Å². The van der Waals surface area contributed by atoms with Crippen molar-refractivity contribution in [3.8, 4) is 5.75 Å². The van der Waals surface area contributed by atoms with E-state index in [0.29, 0.717) is 5.75 Å². The summed E-state index contributed by atoms with van der Waals surface area (Å²) in [6.45, 7) is 0. The normalized spacial score (nSPS) is 10.0. The molecule has 0 radical (unpaired) electrons. The van der Waals surface area contributed by atoms with Crippen LogP contribution in [0.2, 0.25) is 0 Å². The minimum absolute atomic E-state index is 0.0758. The second-order valence-corrected chi connectivity index (χ2v) is 4.40. The first-order valence-corrected chi connectivity index (χ1v) is 6.24. The number of ether oxygens (including phenoxy) is 1. The van der Waals surface area contributed by atoms with Crippen LogP contribution in [-0.2, 0) is 0 Å². The van der Waals surface area contributed by atoms with Gasteiger partial charge in [0.2, 0.25) is 0 Å². The molecule has 0 aromatic heterocycles. The van der Waals surface area contributed by atoms with E-state index in [-0.39, 0.29) is 16.7 Å². The molecule has 112 valence electrons. The number of aromatic carboxylic acids is 2. The van der Waals surface area contributed by atoms with Gasteiger partial charge >= 0.3 is 11.9 Å². The topological polar surface area (TPSA) is 101 Å². The lowest BCUT2D eigenvalue weighted by Gasteiger charge is -2.09. The van der Waals surface area contributed by atoms with Gasteiger partial charge in [-0.1, -0.05) is 18.2 Å². The summed E-state index contributed by atoms with van der Waals surface area (Å²) in [5.74, 6) is -2.87. The third-order valence-electron chi connectivity index (χ3n) is 3.09. The second-order valence-electron chi connectivity index (χ2n) is 4.40. The van der Waals surface area contributed by atoms with Crippen molar-refractivity contribution in [2.75, 3.05) is 7.11 Å². The fourth-order valence-electron chi connectivity index (χ4n) is 2.04. The number of hydrogen-bond donors (Lipinski definition) is 2. The molecular formula is C16H12O6. The molecule has 6 nitrogen and oxygen atoms in total. The summed E-state index contributed by atoms with van der Waals surface area (Å²) in [5, 5.41) is 18.1. The Morgan fingerprint density at radius 3 is 2.09 bits per heavy atom. The van der Waals surface area contributed by atoms with Gasteiger partial charge in [-0.05, 0) is 24.3 Å². The van der Waals surface area contributed by atoms with Gasteiger partial charge in [0, 0.05) is 5.56 Å². The molecule has 2 aromatic rings. The Labute approximate surface area is 125 Å². The number of carbonyl (C=O) groups is 3. The zero-order valence-corrected chi connectivity index (χ0v) is 11.6. The van der Waals surface area contributed by atoms with Crippen LogP contribution in [0.5, 0.6) is 5.75 Å². The molecule has 0 aliphatic rings. The molecule has 0 heterocycles. The number of carboxylic acids is 2. The van der Waals surface area contributed by atoms with Crippen molar-refractivity contribution in [2.24, 2.45) is 0 Å². The molecule has 0 amide bonds. The van der Waals surface area contributed by atoms with Crippen molar-refractivity contribution in [2.45, 2.75) is 0 Å². The van der Waals surface area contributed by atoms with E-state index in [2.05, 4.69) is 0 Å². The van der Waals surface area contributed by atoms with Crippen LogP contribution < -0.4 is 4.74 Å². The lowest BCUT2D eigenvalue weighted by atomic mass is 9.97. The van der Waals surface area contributed by atoms with Crippen LogP contribution in [0.3, 0.4) is 0 Å². The number of methoxy groups -OCH3 is 1. The smallest absolute Gasteiger partial charge is 0.336 e. The second kappa shape index (κ2) is 6.09. The van der Waals surface area contributed by atoms with E-state index in [4.69, 9.17) is 14.9 Å². The van der Waals surface area contributed by atoms with Gasteiger partial charge in [0.1, 0.15) is 5.75 Å². The van der Waals surface area contributed by atoms with Gasteiger partial charge in [-0.3, -0.25) is 4.79 Å². The maximum Gasteiger partial charge on any atom is 0.336 e. The van der Waals surface area contributed by atoms with E-state index >= 15 is 0 Å². The fraction of sp³-hybridized carbons (Fsp3) is 0.0625. The molecule has 0 aliphatic carbocycles. The van der Waals surface area contributed by atoms with Gasteiger partial charge in [-0.2, -0.15) is 0 Å². The van der Waals surface area contributed by atoms with Crippen LogP contribution in [0.25, 0.3) is 0 Å². The SMILES string of the molecule is COc1ccccc1C(=O)c1ccc(C(=O)O)c(C(=O)O)c1. The Hall–Kier alpha value is -3.15. The zero-order valence-electron chi connectivity index (χ0n) is 11.6. The highest BCUT2D eigenvalue weighted by Gasteiger charge is 2.20. The fourth-order valence-corrected chi connectivity index (χ4v) is 2.04. The van der Waals surface area contributed by atoms with Gasteiger partial charge in [0.05, 0.1) is 23.8 Å². The molecule has 6 heteroatoms. The van der Waals surface area contributed by atoms with Crippen molar-refractivity contribution in [1.29, 1.82) is 0 Å². The Morgan fingerprint density at radius 2 is 1.50 bits per heavy atom. The Morgan fingerprint density at radius 1 is 0.864 bits per heavy atom. The number of rotatable bonds is 5. The van der Waals surface area contributed by atoms with Gasteiger partial charge in [-0.15, -0.1) is 0 Å². The maximum atomic E-state index is 12.5. The minimum atomic E-state index is -1.41. The van der Waals surface area contributed by atoms with Gasteiger partial charge in [0.25, 0.3) is 0 Å². The number of carbonyl (C=O) groups excluding carboxylic acids is 1. The number of benzene rings is 2. The first kappa shape index (κ1) is 15.2. The average Bonchev–Trinajstić information content (AvgIpc) is 2.53. The average molecular weight is 300 g/mol. The molecule has 2 rings (SSSR count). The number of para-hydroxylation sites is 1. The van der Waals surface area contributed by atoms with Crippen molar-refractivity contribution < 1.29 is 29.3 Å². The molecule has 0 unspecified atom stereocenters. The third-order valence-corrected chi connectivity index (χ3v) is 3.09.